The maximum absolute atomic E-state index is 13.0. The molecule has 4 nitrogen and oxygen atoms in total. The molecule has 1 aliphatic heterocycles. The second-order valence-corrected chi connectivity index (χ2v) is 6.52. The van der Waals surface area contributed by atoms with Crippen LogP contribution in [0.5, 0.6) is 0 Å². The first kappa shape index (κ1) is 14.3. The van der Waals surface area contributed by atoms with Gasteiger partial charge in [-0.05, 0) is 24.3 Å². The third-order valence-electron chi connectivity index (χ3n) is 3.67. The van der Waals surface area contributed by atoms with E-state index in [1.807, 2.05) is 12.1 Å². The highest BCUT2D eigenvalue weighted by Crippen LogP contribution is 2.27. The second-order valence-electron chi connectivity index (χ2n) is 5.53. The lowest BCUT2D eigenvalue weighted by Crippen LogP contribution is -2.46. The summed E-state index contributed by atoms with van der Waals surface area (Å²) in [6.45, 7) is 7.95. The summed E-state index contributed by atoms with van der Waals surface area (Å²) in [5.74, 6) is 0.240. The first-order valence-corrected chi connectivity index (χ1v) is 8.04. The minimum Gasteiger partial charge on any atom is -0.368 e. The third-order valence-corrected chi connectivity index (χ3v) is 4.95. The molecule has 0 amide bonds. The summed E-state index contributed by atoms with van der Waals surface area (Å²) in [4.78, 5) is 4.56. The molecular weight excluding hydrogens is 287 g/mol. The Morgan fingerprint density at radius 1 is 1.00 bits per heavy atom. The molecule has 0 unspecified atom stereocenters. The summed E-state index contributed by atoms with van der Waals surface area (Å²) < 4.78 is 13.0. The molecule has 0 bridgehead atoms. The molecule has 21 heavy (non-hydrogen) atoms. The van der Waals surface area contributed by atoms with Crippen LogP contribution in [0.25, 0.3) is 0 Å². The van der Waals surface area contributed by atoms with Crippen LogP contribution in [-0.4, -0.2) is 36.4 Å². The van der Waals surface area contributed by atoms with E-state index in [9.17, 15) is 4.39 Å². The van der Waals surface area contributed by atoms with Gasteiger partial charge < -0.3 is 9.80 Å². The number of nitrogens with zero attached hydrogens (tertiary/aromatic N) is 4. The van der Waals surface area contributed by atoms with Crippen LogP contribution in [-0.2, 0) is 0 Å². The molecule has 6 heteroatoms. The number of rotatable bonds is 3. The predicted octanol–water partition coefficient (Wildman–Crippen LogP) is 3.13. The topological polar surface area (TPSA) is 32.3 Å². The number of anilines is 2. The molecule has 0 saturated carbocycles. The van der Waals surface area contributed by atoms with Gasteiger partial charge in [-0.2, -0.15) is 0 Å². The molecule has 0 aliphatic carbocycles. The maximum Gasteiger partial charge on any atom is 0.208 e. The Balaban J connectivity index is 1.63. The van der Waals surface area contributed by atoms with Crippen molar-refractivity contribution in [2.24, 2.45) is 0 Å². The number of halogens is 1. The molecule has 1 aromatic carbocycles. The number of benzene rings is 1. The average Bonchev–Trinajstić information content (AvgIpc) is 2.98. The Hall–Kier alpha value is -1.69. The van der Waals surface area contributed by atoms with E-state index < -0.39 is 0 Å². The Kier molecular flexibility index (Phi) is 4.05. The first-order valence-electron chi connectivity index (χ1n) is 7.22. The van der Waals surface area contributed by atoms with E-state index in [0.717, 1.165) is 42.0 Å². The fourth-order valence-corrected chi connectivity index (χ4v) is 3.29. The Bertz CT molecular complexity index is 588. The molecule has 0 radical (unpaired) electrons. The fourth-order valence-electron chi connectivity index (χ4n) is 2.40. The van der Waals surface area contributed by atoms with Crippen molar-refractivity contribution in [1.29, 1.82) is 0 Å². The van der Waals surface area contributed by atoms with Crippen LogP contribution in [0.1, 0.15) is 24.8 Å². The van der Waals surface area contributed by atoms with Gasteiger partial charge in [0.15, 0.2) is 0 Å². The van der Waals surface area contributed by atoms with Crippen molar-refractivity contribution < 1.29 is 4.39 Å². The molecular formula is C15H19FN4S. The van der Waals surface area contributed by atoms with Gasteiger partial charge in [-0.1, -0.05) is 25.2 Å². The molecule has 3 rings (SSSR count). The number of hydrogen-bond donors (Lipinski definition) is 0. The third kappa shape index (κ3) is 3.15. The highest BCUT2D eigenvalue weighted by molar-refractivity contribution is 7.15. The van der Waals surface area contributed by atoms with E-state index in [1.54, 1.807) is 11.3 Å². The van der Waals surface area contributed by atoms with Crippen molar-refractivity contribution in [3.63, 3.8) is 0 Å². The summed E-state index contributed by atoms with van der Waals surface area (Å²) >= 11 is 1.68. The number of hydrogen-bond acceptors (Lipinski definition) is 5. The smallest absolute Gasteiger partial charge is 0.208 e. The van der Waals surface area contributed by atoms with Crippen molar-refractivity contribution in [2.45, 2.75) is 19.8 Å². The fraction of sp³-hybridized carbons (Fsp3) is 0.467. The van der Waals surface area contributed by atoms with E-state index in [1.165, 1.54) is 12.1 Å². The summed E-state index contributed by atoms with van der Waals surface area (Å²) in [7, 11) is 0. The number of aromatic nitrogens is 2. The lowest BCUT2D eigenvalue weighted by atomic mass is 10.2. The van der Waals surface area contributed by atoms with Gasteiger partial charge >= 0.3 is 0 Å². The van der Waals surface area contributed by atoms with Gasteiger partial charge in [-0.15, -0.1) is 10.2 Å². The normalized spacial score (nSPS) is 15.8. The summed E-state index contributed by atoms with van der Waals surface area (Å²) in [5.41, 5.74) is 1.08. The lowest BCUT2D eigenvalue weighted by Gasteiger charge is -2.35. The summed E-state index contributed by atoms with van der Waals surface area (Å²) in [6, 6.07) is 6.71. The van der Waals surface area contributed by atoms with Gasteiger partial charge in [0.1, 0.15) is 10.8 Å². The molecule has 0 N–H and O–H groups in total. The van der Waals surface area contributed by atoms with Gasteiger partial charge in [0.2, 0.25) is 5.13 Å². The van der Waals surface area contributed by atoms with E-state index in [0.29, 0.717) is 5.92 Å². The highest BCUT2D eigenvalue weighted by Gasteiger charge is 2.20. The number of piperazine rings is 1. The van der Waals surface area contributed by atoms with Gasteiger partial charge in [-0.3, -0.25) is 0 Å². The maximum atomic E-state index is 13.0. The van der Waals surface area contributed by atoms with Crippen LogP contribution < -0.4 is 9.80 Å². The Labute approximate surface area is 128 Å². The van der Waals surface area contributed by atoms with E-state index in [2.05, 4.69) is 33.8 Å². The van der Waals surface area contributed by atoms with Crippen molar-refractivity contribution in [1.82, 2.24) is 10.2 Å². The zero-order valence-corrected chi connectivity index (χ0v) is 13.1. The standard InChI is InChI=1S/C15H19FN4S/c1-11(2)14-17-18-15(21-14)20-9-7-19(8-10-20)13-5-3-12(16)4-6-13/h3-6,11H,7-10H2,1-2H3. The zero-order chi connectivity index (χ0) is 14.8. The minimum atomic E-state index is -0.188. The quantitative estimate of drug-likeness (QED) is 0.872. The molecule has 0 atom stereocenters. The van der Waals surface area contributed by atoms with Crippen LogP contribution in [0, 0.1) is 5.82 Å². The van der Waals surface area contributed by atoms with Gasteiger partial charge in [0.05, 0.1) is 0 Å². The predicted molar refractivity (Wildman–Crippen MR) is 84.8 cm³/mol. The molecule has 1 aromatic heterocycles. The van der Waals surface area contributed by atoms with Crippen molar-refractivity contribution >= 4 is 22.2 Å². The van der Waals surface area contributed by atoms with Crippen LogP contribution in [0.3, 0.4) is 0 Å². The molecule has 1 aliphatic rings. The average molecular weight is 306 g/mol. The SMILES string of the molecule is CC(C)c1nnc(N2CCN(c3ccc(F)cc3)CC2)s1. The lowest BCUT2D eigenvalue weighted by molar-refractivity contribution is 0.624. The Morgan fingerprint density at radius 2 is 1.62 bits per heavy atom. The van der Waals surface area contributed by atoms with Gasteiger partial charge in [-0.25, -0.2) is 4.39 Å². The molecule has 1 fully saturated rings. The largest absolute Gasteiger partial charge is 0.368 e. The van der Waals surface area contributed by atoms with Crippen LogP contribution in [0.4, 0.5) is 15.2 Å². The van der Waals surface area contributed by atoms with E-state index in [-0.39, 0.29) is 5.82 Å². The molecule has 0 spiro atoms. The monoisotopic (exact) mass is 306 g/mol. The van der Waals surface area contributed by atoms with Gasteiger partial charge in [0.25, 0.3) is 0 Å². The zero-order valence-electron chi connectivity index (χ0n) is 12.3. The van der Waals surface area contributed by atoms with Gasteiger partial charge in [0, 0.05) is 37.8 Å². The van der Waals surface area contributed by atoms with Crippen LogP contribution in [0.2, 0.25) is 0 Å². The van der Waals surface area contributed by atoms with Crippen molar-refractivity contribution in [3.8, 4) is 0 Å². The van der Waals surface area contributed by atoms with E-state index in [4.69, 9.17) is 0 Å². The molecule has 1 saturated heterocycles. The second kappa shape index (κ2) is 5.97. The molecule has 2 aromatic rings. The summed E-state index contributed by atoms with van der Waals surface area (Å²) in [6.07, 6.45) is 0. The molecule has 2 heterocycles. The Morgan fingerprint density at radius 3 is 2.19 bits per heavy atom. The van der Waals surface area contributed by atoms with E-state index >= 15 is 0 Å². The van der Waals surface area contributed by atoms with Crippen molar-refractivity contribution in [2.75, 3.05) is 36.0 Å². The summed E-state index contributed by atoms with van der Waals surface area (Å²) in [5, 5.41) is 10.6. The first-order chi connectivity index (χ1) is 10.1. The van der Waals surface area contributed by atoms with Crippen LogP contribution in [0.15, 0.2) is 24.3 Å². The minimum absolute atomic E-state index is 0.188. The van der Waals surface area contributed by atoms with Crippen LogP contribution >= 0.6 is 11.3 Å². The highest BCUT2D eigenvalue weighted by atomic mass is 32.1. The van der Waals surface area contributed by atoms with Crippen molar-refractivity contribution in [3.05, 3.63) is 35.1 Å². The molecule has 112 valence electrons.